The maximum atomic E-state index is 13.1. The van der Waals surface area contributed by atoms with Crippen LogP contribution in [0.1, 0.15) is 19.8 Å². The molecule has 1 aliphatic heterocycles. The summed E-state index contributed by atoms with van der Waals surface area (Å²) < 4.78 is 50.7. The Bertz CT molecular complexity index is 365. The van der Waals surface area contributed by atoms with E-state index in [2.05, 4.69) is 15.9 Å². The smallest absolute Gasteiger partial charge is 0.327 e. The Kier molecular flexibility index (Phi) is 5.34. The zero-order valence-electron chi connectivity index (χ0n) is 10.2. The van der Waals surface area contributed by atoms with Gasteiger partial charge in [0.1, 0.15) is 0 Å². The third-order valence-corrected chi connectivity index (χ3v) is 3.77. The third-order valence-electron chi connectivity index (χ3n) is 3.21. The van der Waals surface area contributed by atoms with E-state index in [9.17, 15) is 27.2 Å². The highest BCUT2D eigenvalue weighted by atomic mass is 79.9. The summed E-state index contributed by atoms with van der Waals surface area (Å²) in [6.45, 7) is 1.54. The molecule has 1 saturated heterocycles. The first kappa shape index (κ1) is 16.4. The van der Waals surface area contributed by atoms with Gasteiger partial charge in [-0.05, 0) is 18.8 Å². The molecule has 8 heteroatoms. The highest BCUT2D eigenvalue weighted by Gasteiger charge is 2.53. The first-order valence-electron chi connectivity index (χ1n) is 5.79. The Hall–Kier alpha value is -0.660. The molecule has 0 aliphatic carbocycles. The van der Waals surface area contributed by atoms with Crippen LogP contribution in [0.15, 0.2) is 0 Å². The standard InChI is InChI=1S/C11H14BrF4NO2/c1-6-3-2-4-17(8(6)7(18)5-12)10(19)11(15,16)9(13)14/h6,8-9H,2-5H2,1H3. The topological polar surface area (TPSA) is 37.4 Å². The number of hydrogen-bond donors (Lipinski definition) is 0. The van der Waals surface area contributed by atoms with Crippen LogP contribution < -0.4 is 0 Å². The van der Waals surface area contributed by atoms with Crippen LogP contribution >= 0.6 is 15.9 Å². The Balaban J connectivity index is 3.01. The van der Waals surface area contributed by atoms with Crippen LogP contribution in [0, 0.1) is 5.92 Å². The summed E-state index contributed by atoms with van der Waals surface area (Å²) in [6.07, 6.45) is -3.07. The molecule has 0 N–H and O–H groups in total. The molecule has 0 radical (unpaired) electrons. The molecule has 110 valence electrons. The molecule has 1 fully saturated rings. The summed E-state index contributed by atoms with van der Waals surface area (Å²) in [6, 6.07) is -1.06. The van der Waals surface area contributed by atoms with Crippen LogP contribution in [0.4, 0.5) is 17.6 Å². The molecule has 0 spiro atoms. The Morgan fingerprint density at radius 1 is 1.42 bits per heavy atom. The van der Waals surface area contributed by atoms with Crippen molar-refractivity contribution in [2.45, 2.75) is 38.2 Å². The maximum Gasteiger partial charge on any atom is 0.383 e. The summed E-state index contributed by atoms with van der Waals surface area (Å²) >= 11 is 2.91. The molecule has 1 aliphatic rings. The van der Waals surface area contributed by atoms with Crippen molar-refractivity contribution >= 4 is 27.6 Å². The van der Waals surface area contributed by atoms with Gasteiger partial charge in [-0.2, -0.15) is 8.78 Å². The van der Waals surface area contributed by atoms with Crippen molar-refractivity contribution in [1.29, 1.82) is 0 Å². The number of hydrogen-bond acceptors (Lipinski definition) is 2. The fourth-order valence-electron chi connectivity index (χ4n) is 2.27. The zero-order chi connectivity index (χ0) is 14.8. The summed E-state index contributed by atoms with van der Waals surface area (Å²) in [4.78, 5) is 23.9. The predicted molar refractivity (Wildman–Crippen MR) is 63.7 cm³/mol. The van der Waals surface area contributed by atoms with Crippen molar-refractivity contribution in [3.63, 3.8) is 0 Å². The molecule has 0 aromatic heterocycles. The molecule has 19 heavy (non-hydrogen) atoms. The highest BCUT2D eigenvalue weighted by molar-refractivity contribution is 9.09. The van der Waals surface area contributed by atoms with Crippen molar-refractivity contribution in [3.8, 4) is 0 Å². The second-order valence-corrected chi connectivity index (χ2v) is 5.15. The molecule has 1 rings (SSSR count). The van der Waals surface area contributed by atoms with Crippen LogP contribution in [0.3, 0.4) is 0 Å². The minimum absolute atomic E-state index is 0.102. The van der Waals surface area contributed by atoms with Crippen molar-refractivity contribution in [3.05, 3.63) is 0 Å². The molecule has 0 saturated carbocycles. The molecular formula is C11H14BrF4NO2. The van der Waals surface area contributed by atoms with Crippen molar-refractivity contribution in [2.24, 2.45) is 5.92 Å². The highest BCUT2D eigenvalue weighted by Crippen LogP contribution is 2.31. The Morgan fingerprint density at radius 3 is 2.47 bits per heavy atom. The van der Waals surface area contributed by atoms with Gasteiger partial charge in [0.05, 0.1) is 11.4 Å². The van der Waals surface area contributed by atoms with Crippen molar-refractivity contribution in [1.82, 2.24) is 4.90 Å². The van der Waals surface area contributed by atoms with Gasteiger partial charge in [-0.25, -0.2) is 8.78 Å². The number of Topliss-reactive ketones (excluding diaryl/α,β-unsaturated/α-hetero) is 1. The monoisotopic (exact) mass is 347 g/mol. The second kappa shape index (κ2) is 6.19. The largest absolute Gasteiger partial charge is 0.383 e. The average molecular weight is 348 g/mol. The van der Waals surface area contributed by atoms with Gasteiger partial charge in [-0.1, -0.05) is 22.9 Å². The van der Waals surface area contributed by atoms with E-state index in [1.165, 1.54) is 0 Å². The summed E-state index contributed by atoms with van der Waals surface area (Å²) in [7, 11) is 0. The number of carbonyl (C=O) groups excluding carboxylic acids is 2. The number of piperidine rings is 1. The van der Waals surface area contributed by atoms with Gasteiger partial charge in [-0.3, -0.25) is 9.59 Å². The molecule has 3 nitrogen and oxygen atoms in total. The normalized spacial score (nSPS) is 24.7. The minimum atomic E-state index is -4.75. The molecule has 0 bridgehead atoms. The lowest BCUT2D eigenvalue weighted by atomic mass is 9.88. The average Bonchev–Trinajstić information content (AvgIpc) is 2.36. The first-order valence-corrected chi connectivity index (χ1v) is 6.91. The van der Waals surface area contributed by atoms with E-state index in [0.29, 0.717) is 17.7 Å². The SMILES string of the molecule is CC1CCCN(C(=O)C(F)(F)C(F)F)C1C(=O)CBr. The number of ketones is 1. The quantitative estimate of drug-likeness (QED) is 0.578. The van der Waals surface area contributed by atoms with E-state index < -0.39 is 30.1 Å². The molecule has 0 aromatic carbocycles. The Labute approximate surface area is 116 Å². The van der Waals surface area contributed by atoms with Crippen LogP contribution in [0.2, 0.25) is 0 Å². The molecule has 0 aromatic rings. The lowest BCUT2D eigenvalue weighted by Gasteiger charge is -2.40. The van der Waals surface area contributed by atoms with Gasteiger partial charge in [-0.15, -0.1) is 0 Å². The number of rotatable bonds is 4. The lowest BCUT2D eigenvalue weighted by molar-refractivity contribution is -0.186. The number of likely N-dealkylation sites (tertiary alicyclic amines) is 1. The van der Waals surface area contributed by atoms with Crippen LogP contribution in [-0.4, -0.2) is 46.9 Å². The summed E-state index contributed by atoms with van der Waals surface area (Å²) in [5.74, 6) is -7.49. The molecule has 1 amide bonds. The van der Waals surface area contributed by atoms with E-state index in [0.717, 1.165) is 0 Å². The fourth-order valence-corrected chi connectivity index (χ4v) is 2.60. The van der Waals surface area contributed by atoms with E-state index >= 15 is 0 Å². The number of nitrogens with zero attached hydrogens (tertiary/aromatic N) is 1. The zero-order valence-corrected chi connectivity index (χ0v) is 11.8. The van der Waals surface area contributed by atoms with Gasteiger partial charge in [0.2, 0.25) is 0 Å². The van der Waals surface area contributed by atoms with Gasteiger partial charge in [0.25, 0.3) is 5.91 Å². The maximum absolute atomic E-state index is 13.1. The van der Waals surface area contributed by atoms with Crippen molar-refractivity contribution < 1.29 is 27.2 Å². The van der Waals surface area contributed by atoms with E-state index in [1.807, 2.05) is 0 Å². The second-order valence-electron chi connectivity index (χ2n) is 4.59. The minimum Gasteiger partial charge on any atom is -0.327 e. The van der Waals surface area contributed by atoms with Crippen molar-refractivity contribution in [2.75, 3.05) is 11.9 Å². The summed E-state index contributed by atoms with van der Waals surface area (Å²) in [5, 5.41) is -0.105. The Morgan fingerprint density at radius 2 is 2.00 bits per heavy atom. The van der Waals surface area contributed by atoms with Gasteiger partial charge >= 0.3 is 12.3 Å². The number of amides is 1. The van der Waals surface area contributed by atoms with E-state index in [1.54, 1.807) is 6.92 Å². The van der Waals surface area contributed by atoms with E-state index in [4.69, 9.17) is 0 Å². The van der Waals surface area contributed by atoms with E-state index in [-0.39, 0.29) is 17.8 Å². The predicted octanol–water partition coefficient (Wildman–Crippen LogP) is 2.48. The third kappa shape index (κ3) is 3.27. The lowest BCUT2D eigenvalue weighted by Crippen LogP contribution is -2.58. The first-order chi connectivity index (χ1) is 8.73. The van der Waals surface area contributed by atoms with Gasteiger partial charge in [0, 0.05) is 6.54 Å². The summed E-state index contributed by atoms with van der Waals surface area (Å²) in [5.41, 5.74) is 0. The molecule has 2 atom stereocenters. The van der Waals surface area contributed by atoms with Crippen LogP contribution in [0.5, 0.6) is 0 Å². The number of alkyl halides is 5. The van der Waals surface area contributed by atoms with Crippen LogP contribution in [-0.2, 0) is 9.59 Å². The van der Waals surface area contributed by atoms with Gasteiger partial charge in [0.15, 0.2) is 5.78 Å². The molecule has 1 heterocycles. The fraction of sp³-hybridized carbons (Fsp3) is 0.818. The van der Waals surface area contributed by atoms with Gasteiger partial charge < -0.3 is 4.90 Å². The van der Waals surface area contributed by atoms with Crippen LogP contribution in [0.25, 0.3) is 0 Å². The molecule has 2 unspecified atom stereocenters. The number of carbonyl (C=O) groups is 2. The molecular weight excluding hydrogens is 334 g/mol. The number of halogens is 5.